The van der Waals surface area contributed by atoms with Crippen molar-refractivity contribution >= 4 is 11.8 Å². The Morgan fingerprint density at radius 1 is 1.24 bits per heavy atom. The maximum Gasteiger partial charge on any atom is 0.0819 e. The number of hydrogen-bond donors (Lipinski definition) is 1. The van der Waals surface area contributed by atoms with Gasteiger partial charge in [0.25, 0.3) is 0 Å². The first-order chi connectivity index (χ1) is 8.01. The van der Waals surface area contributed by atoms with Crippen molar-refractivity contribution < 1.29 is 5.11 Å². The minimum Gasteiger partial charge on any atom is -0.388 e. The Kier molecular flexibility index (Phi) is 4.14. The van der Waals surface area contributed by atoms with Crippen LogP contribution in [0.4, 0.5) is 0 Å². The molecule has 100 valence electrons. The lowest BCUT2D eigenvalue weighted by Crippen LogP contribution is -2.57. The fourth-order valence-corrected chi connectivity index (χ4v) is 5.62. The van der Waals surface area contributed by atoms with Gasteiger partial charge in [-0.2, -0.15) is 11.8 Å². The third-order valence-corrected chi connectivity index (χ3v) is 6.55. The summed E-state index contributed by atoms with van der Waals surface area (Å²) in [4.78, 5) is 0. The summed E-state index contributed by atoms with van der Waals surface area (Å²) in [6, 6.07) is 0. The van der Waals surface area contributed by atoms with Crippen LogP contribution in [-0.4, -0.2) is 22.2 Å². The Labute approximate surface area is 111 Å². The van der Waals surface area contributed by atoms with Crippen LogP contribution in [0.25, 0.3) is 0 Å². The first-order valence-electron chi connectivity index (χ1n) is 7.31. The highest BCUT2D eigenvalue weighted by Gasteiger charge is 2.52. The highest BCUT2D eigenvalue weighted by Crippen LogP contribution is 2.52. The number of thioether (sulfide) groups is 1. The van der Waals surface area contributed by atoms with E-state index < -0.39 is 5.60 Å². The van der Waals surface area contributed by atoms with Gasteiger partial charge in [0.15, 0.2) is 0 Å². The molecule has 2 fully saturated rings. The van der Waals surface area contributed by atoms with Crippen molar-refractivity contribution in [2.75, 3.05) is 11.5 Å². The summed E-state index contributed by atoms with van der Waals surface area (Å²) in [5, 5.41) is 11.3. The van der Waals surface area contributed by atoms with Gasteiger partial charge in [-0.3, -0.25) is 0 Å². The fourth-order valence-electron chi connectivity index (χ4n) is 3.90. The topological polar surface area (TPSA) is 20.2 Å². The molecule has 1 saturated carbocycles. The molecule has 3 atom stereocenters. The van der Waals surface area contributed by atoms with Crippen LogP contribution in [0.1, 0.15) is 59.3 Å². The van der Waals surface area contributed by atoms with Gasteiger partial charge in [-0.15, -0.1) is 0 Å². The molecular weight excluding hydrogens is 228 g/mol. The second-order valence-corrected chi connectivity index (χ2v) is 7.78. The zero-order valence-electron chi connectivity index (χ0n) is 11.7. The molecule has 0 radical (unpaired) electrons. The molecule has 0 bridgehead atoms. The highest BCUT2D eigenvalue weighted by molar-refractivity contribution is 7.99. The Bertz CT molecular complexity index is 264. The molecule has 0 aromatic carbocycles. The first-order valence-corrected chi connectivity index (χ1v) is 8.47. The van der Waals surface area contributed by atoms with Gasteiger partial charge in [-0.25, -0.2) is 0 Å². The van der Waals surface area contributed by atoms with Gasteiger partial charge in [0.05, 0.1) is 5.60 Å². The Morgan fingerprint density at radius 3 is 2.59 bits per heavy atom. The van der Waals surface area contributed by atoms with Crippen molar-refractivity contribution in [1.82, 2.24) is 0 Å². The van der Waals surface area contributed by atoms with Gasteiger partial charge in [0.2, 0.25) is 0 Å². The lowest BCUT2D eigenvalue weighted by atomic mass is 9.59. The molecular formula is C15H28OS. The molecule has 0 amide bonds. The van der Waals surface area contributed by atoms with Gasteiger partial charge in [0, 0.05) is 5.75 Å². The molecule has 1 aliphatic heterocycles. The molecule has 2 aliphatic rings. The van der Waals surface area contributed by atoms with Crippen LogP contribution in [0.5, 0.6) is 0 Å². The SMILES string of the molecule is CCC1CCCCC1C1(O)CSCCC1(C)C. The summed E-state index contributed by atoms with van der Waals surface area (Å²) < 4.78 is 0. The zero-order valence-corrected chi connectivity index (χ0v) is 12.5. The lowest BCUT2D eigenvalue weighted by molar-refractivity contribution is -0.124. The van der Waals surface area contributed by atoms with Crippen LogP contribution in [-0.2, 0) is 0 Å². The third-order valence-electron chi connectivity index (χ3n) is 5.41. The van der Waals surface area contributed by atoms with Crippen LogP contribution in [0.2, 0.25) is 0 Å². The molecule has 1 N–H and O–H groups in total. The predicted molar refractivity (Wildman–Crippen MR) is 76.4 cm³/mol. The quantitative estimate of drug-likeness (QED) is 0.803. The third kappa shape index (κ3) is 2.40. The molecule has 3 unspecified atom stereocenters. The minimum absolute atomic E-state index is 0.105. The van der Waals surface area contributed by atoms with E-state index in [0.29, 0.717) is 5.92 Å². The van der Waals surface area contributed by atoms with E-state index in [1.165, 1.54) is 44.3 Å². The normalized spacial score (nSPS) is 42.4. The molecule has 1 nitrogen and oxygen atoms in total. The maximum absolute atomic E-state index is 11.3. The van der Waals surface area contributed by atoms with Crippen LogP contribution in [0, 0.1) is 17.3 Å². The van der Waals surface area contributed by atoms with Gasteiger partial charge < -0.3 is 5.11 Å². The maximum atomic E-state index is 11.3. The average Bonchev–Trinajstić information content (AvgIpc) is 2.33. The van der Waals surface area contributed by atoms with E-state index in [1.54, 1.807) is 0 Å². The van der Waals surface area contributed by atoms with E-state index in [0.717, 1.165) is 11.7 Å². The summed E-state index contributed by atoms with van der Waals surface area (Å²) in [5.74, 6) is 3.48. The molecule has 2 heteroatoms. The summed E-state index contributed by atoms with van der Waals surface area (Å²) in [7, 11) is 0. The summed E-state index contributed by atoms with van der Waals surface area (Å²) in [6.45, 7) is 6.87. The Hall–Kier alpha value is 0.310. The first kappa shape index (κ1) is 13.7. The van der Waals surface area contributed by atoms with E-state index in [1.807, 2.05) is 11.8 Å². The summed E-state index contributed by atoms with van der Waals surface area (Å²) in [6.07, 6.45) is 7.70. The minimum atomic E-state index is -0.420. The van der Waals surface area contributed by atoms with E-state index in [-0.39, 0.29) is 5.41 Å². The van der Waals surface area contributed by atoms with Crippen LogP contribution in [0.15, 0.2) is 0 Å². The monoisotopic (exact) mass is 256 g/mol. The second kappa shape index (κ2) is 5.13. The number of hydrogen-bond acceptors (Lipinski definition) is 2. The van der Waals surface area contributed by atoms with Crippen molar-refractivity contribution in [2.24, 2.45) is 17.3 Å². The molecule has 17 heavy (non-hydrogen) atoms. The Balaban J connectivity index is 2.22. The van der Waals surface area contributed by atoms with Crippen molar-refractivity contribution in [3.8, 4) is 0 Å². The Morgan fingerprint density at radius 2 is 1.94 bits per heavy atom. The zero-order chi connectivity index (χ0) is 12.5. The summed E-state index contributed by atoms with van der Waals surface area (Å²) >= 11 is 1.96. The van der Waals surface area contributed by atoms with E-state index >= 15 is 0 Å². The fraction of sp³-hybridized carbons (Fsp3) is 1.00. The van der Waals surface area contributed by atoms with Crippen molar-refractivity contribution in [3.63, 3.8) is 0 Å². The smallest absolute Gasteiger partial charge is 0.0819 e. The molecule has 0 aromatic heterocycles. The summed E-state index contributed by atoms with van der Waals surface area (Å²) in [5.41, 5.74) is -0.315. The van der Waals surface area contributed by atoms with Crippen molar-refractivity contribution in [1.29, 1.82) is 0 Å². The van der Waals surface area contributed by atoms with E-state index in [2.05, 4.69) is 20.8 Å². The van der Waals surface area contributed by atoms with Gasteiger partial charge in [-0.1, -0.05) is 46.5 Å². The van der Waals surface area contributed by atoms with Gasteiger partial charge in [0.1, 0.15) is 0 Å². The molecule has 0 aromatic rings. The van der Waals surface area contributed by atoms with Gasteiger partial charge in [-0.05, 0) is 35.8 Å². The van der Waals surface area contributed by atoms with E-state index in [9.17, 15) is 5.11 Å². The molecule has 0 spiro atoms. The lowest BCUT2D eigenvalue weighted by Gasteiger charge is -2.54. The van der Waals surface area contributed by atoms with Crippen molar-refractivity contribution in [2.45, 2.75) is 64.9 Å². The van der Waals surface area contributed by atoms with Crippen LogP contribution >= 0.6 is 11.8 Å². The number of aliphatic hydroxyl groups is 1. The second-order valence-electron chi connectivity index (χ2n) is 6.67. The highest BCUT2D eigenvalue weighted by atomic mass is 32.2. The van der Waals surface area contributed by atoms with Crippen molar-refractivity contribution in [3.05, 3.63) is 0 Å². The number of rotatable bonds is 2. The van der Waals surface area contributed by atoms with Crippen LogP contribution in [0.3, 0.4) is 0 Å². The average molecular weight is 256 g/mol. The molecule has 1 heterocycles. The van der Waals surface area contributed by atoms with Gasteiger partial charge >= 0.3 is 0 Å². The molecule has 1 aliphatic carbocycles. The molecule has 2 rings (SSSR count). The van der Waals surface area contributed by atoms with Crippen LogP contribution < -0.4 is 0 Å². The van der Waals surface area contributed by atoms with E-state index in [4.69, 9.17) is 0 Å². The molecule has 1 saturated heterocycles. The largest absolute Gasteiger partial charge is 0.388 e. The standard InChI is InChI=1S/C15H28OS/c1-4-12-7-5-6-8-13(12)15(16)11-17-10-9-14(15,2)3/h12-13,16H,4-11H2,1-3H3. The predicted octanol–water partition coefficient (Wildman–Crippen LogP) is 4.10.